The van der Waals surface area contributed by atoms with Gasteiger partial charge in [0.15, 0.2) is 0 Å². The van der Waals surface area contributed by atoms with Crippen LogP contribution in [-0.2, 0) is 6.54 Å². The highest BCUT2D eigenvalue weighted by molar-refractivity contribution is 7.18. The summed E-state index contributed by atoms with van der Waals surface area (Å²) < 4.78 is 1.09. The van der Waals surface area contributed by atoms with Crippen molar-refractivity contribution in [1.82, 2.24) is 14.9 Å². The second kappa shape index (κ2) is 5.49. The van der Waals surface area contributed by atoms with Crippen molar-refractivity contribution in [3.8, 4) is 0 Å². The maximum absolute atomic E-state index is 12.3. The van der Waals surface area contributed by atoms with E-state index in [4.69, 9.17) is 0 Å². The molecule has 3 aromatic rings. The van der Waals surface area contributed by atoms with Crippen molar-refractivity contribution in [3.05, 3.63) is 63.5 Å². The molecule has 0 saturated heterocycles. The smallest absolute Gasteiger partial charge is 0.260 e. The minimum absolute atomic E-state index is 0.140. The Bertz CT molecular complexity index is 820. The van der Waals surface area contributed by atoms with Gasteiger partial charge in [0, 0.05) is 13.2 Å². The summed E-state index contributed by atoms with van der Waals surface area (Å²) in [4.78, 5) is 32.4. The second-order valence-corrected chi connectivity index (χ2v) is 5.76. The largest absolute Gasteiger partial charge is 0.335 e. The van der Waals surface area contributed by atoms with Gasteiger partial charge in [-0.3, -0.25) is 9.59 Å². The molecule has 2 aromatic heterocycles. The van der Waals surface area contributed by atoms with Gasteiger partial charge >= 0.3 is 0 Å². The van der Waals surface area contributed by atoms with Crippen molar-refractivity contribution in [2.75, 3.05) is 7.05 Å². The van der Waals surface area contributed by atoms with Gasteiger partial charge in [-0.1, -0.05) is 12.1 Å². The summed E-state index contributed by atoms with van der Waals surface area (Å²) >= 11 is 1.55. The Labute approximate surface area is 124 Å². The summed E-state index contributed by atoms with van der Waals surface area (Å²) in [7, 11) is 1.67. The zero-order chi connectivity index (χ0) is 14.8. The third kappa shape index (κ3) is 2.71. The molecular weight excluding hydrogens is 286 g/mol. The first kappa shape index (κ1) is 13.5. The van der Waals surface area contributed by atoms with Crippen LogP contribution in [0, 0.1) is 0 Å². The SMILES string of the molecule is CN(Cc1nc2ccccc2s1)C(=O)c1ccc[nH]c1=O. The average molecular weight is 299 g/mol. The number of benzene rings is 1. The number of para-hydroxylation sites is 1. The average Bonchev–Trinajstić information content (AvgIpc) is 2.89. The fourth-order valence-corrected chi connectivity index (χ4v) is 3.08. The minimum atomic E-state index is -0.376. The number of nitrogens with one attached hydrogen (secondary N) is 1. The molecular formula is C15H13N3O2S. The Morgan fingerprint density at radius 3 is 2.86 bits per heavy atom. The van der Waals surface area contributed by atoms with Crippen LogP contribution < -0.4 is 5.56 Å². The van der Waals surface area contributed by atoms with Crippen LogP contribution in [0.2, 0.25) is 0 Å². The minimum Gasteiger partial charge on any atom is -0.335 e. The Balaban J connectivity index is 1.82. The quantitative estimate of drug-likeness (QED) is 0.806. The lowest BCUT2D eigenvalue weighted by molar-refractivity contribution is 0.0783. The molecule has 106 valence electrons. The Kier molecular flexibility index (Phi) is 3.53. The summed E-state index contributed by atoms with van der Waals surface area (Å²) in [5, 5.41) is 0.847. The van der Waals surface area contributed by atoms with Crippen molar-refractivity contribution in [3.63, 3.8) is 0 Å². The van der Waals surface area contributed by atoms with Crippen molar-refractivity contribution in [1.29, 1.82) is 0 Å². The van der Waals surface area contributed by atoms with E-state index >= 15 is 0 Å². The normalized spacial score (nSPS) is 10.7. The van der Waals surface area contributed by atoms with Gasteiger partial charge in [-0.05, 0) is 24.3 Å². The fourth-order valence-electron chi connectivity index (χ4n) is 2.06. The third-order valence-electron chi connectivity index (χ3n) is 3.11. The van der Waals surface area contributed by atoms with Crippen LogP contribution in [0.1, 0.15) is 15.4 Å². The number of carbonyl (C=O) groups is 1. The summed E-state index contributed by atoms with van der Waals surface area (Å²) in [6.45, 7) is 0.381. The monoisotopic (exact) mass is 299 g/mol. The predicted molar refractivity (Wildman–Crippen MR) is 82.5 cm³/mol. The zero-order valence-corrected chi connectivity index (χ0v) is 12.2. The fraction of sp³-hybridized carbons (Fsp3) is 0.133. The van der Waals surface area contributed by atoms with Gasteiger partial charge in [0.05, 0.1) is 16.8 Å². The first-order chi connectivity index (χ1) is 10.1. The zero-order valence-electron chi connectivity index (χ0n) is 11.4. The van der Waals surface area contributed by atoms with Crippen LogP contribution in [0.15, 0.2) is 47.4 Å². The molecule has 5 nitrogen and oxygen atoms in total. The van der Waals surface area contributed by atoms with Gasteiger partial charge in [-0.25, -0.2) is 4.98 Å². The number of thiazole rings is 1. The lowest BCUT2D eigenvalue weighted by Gasteiger charge is -2.14. The standard InChI is InChI=1S/C15H13N3O2S/c1-18(15(20)10-5-4-8-16-14(10)19)9-13-17-11-6-2-3-7-12(11)21-13/h2-8H,9H2,1H3,(H,16,19). The number of rotatable bonds is 3. The van der Waals surface area contributed by atoms with Crippen molar-refractivity contribution < 1.29 is 4.79 Å². The van der Waals surface area contributed by atoms with E-state index in [0.29, 0.717) is 6.54 Å². The number of H-pyrrole nitrogens is 1. The van der Waals surface area contributed by atoms with Crippen molar-refractivity contribution in [2.45, 2.75) is 6.54 Å². The number of nitrogens with zero attached hydrogens (tertiary/aromatic N) is 2. The molecule has 2 heterocycles. The lowest BCUT2D eigenvalue weighted by Crippen LogP contribution is -2.31. The third-order valence-corrected chi connectivity index (χ3v) is 4.13. The second-order valence-electron chi connectivity index (χ2n) is 4.65. The molecule has 0 aliphatic heterocycles. The Morgan fingerprint density at radius 1 is 1.29 bits per heavy atom. The first-order valence-electron chi connectivity index (χ1n) is 6.43. The van der Waals surface area contributed by atoms with Crippen LogP contribution in [0.4, 0.5) is 0 Å². The summed E-state index contributed by atoms with van der Waals surface area (Å²) in [5.41, 5.74) is 0.690. The van der Waals surface area contributed by atoms with E-state index in [0.717, 1.165) is 15.2 Å². The van der Waals surface area contributed by atoms with Gasteiger partial charge in [0.25, 0.3) is 11.5 Å². The molecule has 0 aliphatic rings. The number of pyridine rings is 1. The first-order valence-corrected chi connectivity index (χ1v) is 7.24. The summed E-state index contributed by atoms with van der Waals surface area (Å²) in [5.74, 6) is -0.309. The molecule has 3 rings (SSSR count). The van der Waals surface area contributed by atoms with Crippen LogP contribution in [-0.4, -0.2) is 27.8 Å². The molecule has 0 bridgehead atoms. The number of aromatic nitrogens is 2. The van der Waals surface area contributed by atoms with E-state index in [1.165, 1.54) is 17.2 Å². The van der Waals surface area contributed by atoms with E-state index in [9.17, 15) is 9.59 Å². The topological polar surface area (TPSA) is 66.1 Å². The lowest BCUT2D eigenvalue weighted by atomic mass is 10.2. The van der Waals surface area contributed by atoms with Gasteiger partial charge in [0.1, 0.15) is 10.6 Å². The van der Waals surface area contributed by atoms with E-state index in [1.807, 2.05) is 24.3 Å². The van der Waals surface area contributed by atoms with Crippen LogP contribution in [0.5, 0.6) is 0 Å². The number of aromatic amines is 1. The number of hydrogen-bond donors (Lipinski definition) is 1. The maximum atomic E-state index is 12.3. The molecule has 0 fully saturated rings. The van der Waals surface area contributed by atoms with Crippen molar-refractivity contribution in [2.24, 2.45) is 0 Å². The predicted octanol–water partition coefficient (Wildman–Crippen LogP) is 2.26. The molecule has 6 heteroatoms. The molecule has 1 aromatic carbocycles. The number of amides is 1. The summed E-state index contributed by atoms with van der Waals surface area (Å²) in [6.07, 6.45) is 1.51. The molecule has 0 aliphatic carbocycles. The Morgan fingerprint density at radius 2 is 2.10 bits per heavy atom. The molecule has 0 saturated carbocycles. The molecule has 1 N–H and O–H groups in total. The van der Waals surface area contributed by atoms with Crippen molar-refractivity contribution >= 4 is 27.5 Å². The van der Waals surface area contributed by atoms with Gasteiger partial charge in [-0.2, -0.15) is 0 Å². The van der Waals surface area contributed by atoms with E-state index in [-0.39, 0.29) is 17.0 Å². The molecule has 21 heavy (non-hydrogen) atoms. The van der Waals surface area contributed by atoms with Gasteiger partial charge < -0.3 is 9.88 Å². The molecule has 1 amide bonds. The van der Waals surface area contributed by atoms with Crippen LogP contribution in [0.3, 0.4) is 0 Å². The van der Waals surface area contributed by atoms with Gasteiger partial charge in [-0.15, -0.1) is 11.3 Å². The molecule has 0 spiro atoms. The number of carbonyl (C=O) groups excluding carboxylic acids is 1. The van der Waals surface area contributed by atoms with Gasteiger partial charge in [0.2, 0.25) is 0 Å². The molecule has 0 atom stereocenters. The highest BCUT2D eigenvalue weighted by atomic mass is 32.1. The maximum Gasteiger partial charge on any atom is 0.260 e. The Hall–Kier alpha value is -2.47. The van der Waals surface area contributed by atoms with E-state index in [1.54, 1.807) is 24.5 Å². The summed E-state index contributed by atoms with van der Waals surface area (Å²) in [6, 6.07) is 11.0. The highest BCUT2D eigenvalue weighted by Gasteiger charge is 2.16. The van der Waals surface area contributed by atoms with Crippen LogP contribution in [0.25, 0.3) is 10.2 Å². The molecule has 0 radical (unpaired) electrons. The number of hydrogen-bond acceptors (Lipinski definition) is 4. The van der Waals surface area contributed by atoms with E-state index in [2.05, 4.69) is 9.97 Å². The molecule has 0 unspecified atom stereocenters. The van der Waals surface area contributed by atoms with Crippen LogP contribution >= 0.6 is 11.3 Å². The highest BCUT2D eigenvalue weighted by Crippen LogP contribution is 2.22. The van der Waals surface area contributed by atoms with E-state index < -0.39 is 0 Å². The number of fused-ring (bicyclic) bond motifs is 1.